The largest absolute Gasteiger partial charge is 0.382 e. The number of halogens is 1. The molecule has 106 valence electrons. The minimum Gasteiger partial charge on any atom is -0.382 e. The molecule has 2 aromatic carbocycles. The lowest BCUT2D eigenvalue weighted by Gasteiger charge is -2.06. The van der Waals surface area contributed by atoms with E-state index in [9.17, 15) is 4.39 Å². The molecule has 1 heterocycles. The summed E-state index contributed by atoms with van der Waals surface area (Å²) >= 11 is 0. The molecule has 4 nitrogen and oxygen atoms in total. The Balaban J connectivity index is 2.06. The molecule has 0 aliphatic carbocycles. The Morgan fingerprint density at radius 3 is 2.38 bits per heavy atom. The van der Waals surface area contributed by atoms with Crippen molar-refractivity contribution in [2.24, 2.45) is 0 Å². The molecule has 3 aromatic rings. The van der Waals surface area contributed by atoms with Crippen LogP contribution in [0.4, 0.5) is 10.2 Å². The second kappa shape index (κ2) is 5.01. The van der Waals surface area contributed by atoms with Crippen molar-refractivity contribution >= 4 is 5.82 Å². The molecule has 0 radical (unpaired) electrons. The van der Waals surface area contributed by atoms with E-state index >= 15 is 0 Å². The van der Waals surface area contributed by atoms with Gasteiger partial charge in [0.25, 0.3) is 0 Å². The molecule has 5 heteroatoms. The number of nitrogen functional groups attached to an aromatic ring is 1. The molecule has 0 saturated carbocycles. The molecular formula is C16H15FN4. The molecule has 3 rings (SSSR count). The van der Waals surface area contributed by atoms with Crippen molar-refractivity contribution in [2.45, 2.75) is 13.8 Å². The van der Waals surface area contributed by atoms with Gasteiger partial charge in [0.2, 0.25) is 0 Å². The molecule has 0 fully saturated rings. The summed E-state index contributed by atoms with van der Waals surface area (Å²) < 4.78 is 14.6. The van der Waals surface area contributed by atoms with E-state index in [0.29, 0.717) is 11.5 Å². The van der Waals surface area contributed by atoms with E-state index in [0.717, 1.165) is 16.8 Å². The zero-order valence-electron chi connectivity index (χ0n) is 11.8. The predicted octanol–water partition coefficient (Wildman–Crippen LogP) is 3.27. The molecule has 0 bridgehead atoms. The average Bonchev–Trinajstić information content (AvgIpc) is 2.85. The third kappa shape index (κ3) is 2.38. The van der Waals surface area contributed by atoms with Gasteiger partial charge in [0.15, 0.2) is 5.82 Å². The third-order valence-corrected chi connectivity index (χ3v) is 3.56. The maximum absolute atomic E-state index is 13.0. The summed E-state index contributed by atoms with van der Waals surface area (Å²) in [6, 6.07) is 12.0. The maximum atomic E-state index is 13.0. The number of rotatable bonds is 2. The zero-order chi connectivity index (χ0) is 15.0. The highest BCUT2D eigenvalue weighted by molar-refractivity contribution is 5.70. The maximum Gasteiger partial charge on any atom is 0.155 e. The molecule has 0 atom stereocenters. The average molecular weight is 282 g/mol. The van der Waals surface area contributed by atoms with Gasteiger partial charge in [-0.25, -0.2) is 4.39 Å². The van der Waals surface area contributed by atoms with Crippen LogP contribution in [0.3, 0.4) is 0 Å². The third-order valence-electron chi connectivity index (χ3n) is 3.56. The van der Waals surface area contributed by atoms with Crippen molar-refractivity contribution in [2.75, 3.05) is 5.73 Å². The summed E-state index contributed by atoms with van der Waals surface area (Å²) in [5, 5.41) is 8.21. The summed E-state index contributed by atoms with van der Waals surface area (Å²) in [4.78, 5) is 0. The first kappa shape index (κ1) is 13.3. The molecule has 21 heavy (non-hydrogen) atoms. The van der Waals surface area contributed by atoms with Gasteiger partial charge in [-0.3, -0.25) is 0 Å². The van der Waals surface area contributed by atoms with Gasteiger partial charge >= 0.3 is 0 Å². The highest BCUT2D eigenvalue weighted by atomic mass is 19.1. The number of aryl methyl sites for hydroxylation is 2. The summed E-state index contributed by atoms with van der Waals surface area (Å²) in [6.07, 6.45) is 0. The highest BCUT2D eigenvalue weighted by Gasteiger charge is 2.13. The Hall–Kier alpha value is -2.69. The van der Waals surface area contributed by atoms with E-state index in [2.05, 4.69) is 10.3 Å². The van der Waals surface area contributed by atoms with Gasteiger partial charge < -0.3 is 5.73 Å². The van der Waals surface area contributed by atoms with Crippen LogP contribution in [0.5, 0.6) is 0 Å². The van der Waals surface area contributed by atoms with Gasteiger partial charge in [-0.2, -0.15) is 4.68 Å². The zero-order valence-corrected chi connectivity index (χ0v) is 11.8. The quantitative estimate of drug-likeness (QED) is 0.784. The number of nitrogens with two attached hydrogens (primary N) is 1. The fraction of sp³-hybridized carbons (Fsp3) is 0.125. The molecular weight excluding hydrogens is 267 g/mol. The number of hydrogen-bond acceptors (Lipinski definition) is 3. The molecule has 0 spiro atoms. The lowest BCUT2D eigenvalue weighted by Crippen LogP contribution is -2.03. The van der Waals surface area contributed by atoms with E-state index in [4.69, 9.17) is 5.73 Å². The fourth-order valence-electron chi connectivity index (χ4n) is 2.15. The number of nitrogens with zero attached hydrogens (tertiary/aromatic N) is 3. The van der Waals surface area contributed by atoms with Crippen LogP contribution < -0.4 is 5.73 Å². The predicted molar refractivity (Wildman–Crippen MR) is 80.6 cm³/mol. The van der Waals surface area contributed by atoms with Gasteiger partial charge in [-0.15, -0.1) is 5.10 Å². The topological polar surface area (TPSA) is 56.7 Å². The van der Waals surface area contributed by atoms with Crippen LogP contribution in [0.25, 0.3) is 16.9 Å². The number of hydrogen-bond donors (Lipinski definition) is 1. The second-order valence-corrected chi connectivity index (χ2v) is 5.01. The van der Waals surface area contributed by atoms with Gasteiger partial charge in [-0.1, -0.05) is 11.3 Å². The minimum absolute atomic E-state index is 0.293. The smallest absolute Gasteiger partial charge is 0.155 e. The van der Waals surface area contributed by atoms with Gasteiger partial charge in [0.05, 0.1) is 5.69 Å². The van der Waals surface area contributed by atoms with E-state index in [1.807, 2.05) is 32.0 Å². The van der Waals surface area contributed by atoms with Crippen molar-refractivity contribution in [1.29, 1.82) is 0 Å². The van der Waals surface area contributed by atoms with Crippen LogP contribution >= 0.6 is 0 Å². The first-order chi connectivity index (χ1) is 10.1. The SMILES string of the molecule is Cc1ccc(-n2nnc(-c3ccc(F)cc3)c2N)cc1C. The summed E-state index contributed by atoms with van der Waals surface area (Å²) in [6.45, 7) is 4.08. The van der Waals surface area contributed by atoms with Crippen molar-refractivity contribution in [3.8, 4) is 16.9 Å². The van der Waals surface area contributed by atoms with Crippen LogP contribution in [0.1, 0.15) is 11.1 Å². The summed E-state index contributed by atoms with van der Waals surface area (Å²) in [5.74, 6) is 0.142. The van der Waals surface area contributed by atoms with Crippen molar-refractivity contribution in [3.63, 3.8) is 0 Å². The number of anilines is 1. The van der Waals surface area contributed by atoms with E-state index in [1.54, 1.807) is 16.8 Å². The lowest BCUT2D eigenvalue weighted by atomic mass is 10.1. The number of aromatic nitrogens is 3. The van der Waals surface area contributed by atoms with Gasteiger partial charge in [0, 0.05) is 5.56 Å². The summed E-state index contributed by atoms with van der Waals surface area (Å²) in [7, 11) is 0. The molecule has 0 saturated heterocycles. The van der Waals surface area contributed by atoms with E-state index in [1.165, 1.54) is 17.7 Å². The van der Waals surface area contributed by atoms with Crippen LogP contribution in [-0.2, 0) is 0 Å². The van der Waals surface area contributed by atoms with Gasteiger partial charge in [-0.05, 0) is 61.4 Å². The van der Waals surface area contributed by atoms with E-state index < -0.39 is 0 Å². The van der Waals surface area contributed by atoms with Crippen LogP contribution in [0, 0.1) is 19.7 Å². The Kier molecular flexibility index (Phi) is 3.17. The highest BCUT2D eigenvalue weighted by Crippen LogP contribution is 2.26. The fourth-order valence-corrected chi connectivity index (χ4v) is 2.15. The first-order valence-electron chi connectivity index (χ1n) is 6.61. The van der Waals surface area contributed by atoms with E-state index in [-0.39, 0.29) is 5.82 Å². The number of benzene rings is 2. The normalized spacial score (nSPS) is 10.8. The van der Waals surface area contributed by atoms with Crippen molar-refractivity contribution in [1.82, 2.24) is 15.0 Å². The molecule has 0 aliphatic heterocycles. The monoisotopic (exact) mass is 282 g/mol. The summed E-state index contributed by atoms with van der Waals surface area (Å²) in [5.41, 5.74) is 10.6. The standard InChI is InChI=1S/C16H15FN4/c1-10-3-8-14(9-11(10)2)21-16(18)15(19-20-21)12-4-6-13(17)7-5-12/h3-9H,18H2,1-2H3. The molecule has 0 aliphatic rings. The second-order valence-electron chi connectivity index (χ2n) is 5.01. The molecule has 2 N–H and O–H groups in total. The van der Waals surface area contributed by atoms with Crippen molar-refractivity contribution in [3.05, 3.63) is 59.4 Å². The first-order valence-corrected chi connectivity index (χ1v) is 6.61. The van der Waals surface area contributed by atoms with Crippen LogP contribution in [0.2, 0.25) is 0 Å². The molecule has 0 amide bonds. The molecule has 0 unspecified atom stereocenters. The Labute approximate surface area is 122 Å². The Morgan fingerprint density at radius 1 is 1.00 bits per heavy atom. The minimum atomic E-state index is -0.293. The Bertz CT molecular complexity index is 791. The molecule has 1 aromatic heterocycles. The lowest BCUT2D eigenvalue weighted by molar-refractivity contribution is 0.628. The van der Waals surface area contributed by atoms with Gasteiger partial charge in [0.1, 0.15) is 11.5 Å². The van der Waals surface area contributed by atoms with Crippen LogP contribution in [0.15, 0.2) is 42.5 Å². The Morgan fingerprint density at radius 2 is 1.71 bits per heavy atom. The van der Waals surface area contributed by atoms with Crippen molar-refractivity contribution < 1.29 is 4.39 Å². The van der Waals surface area contributed by atoms with Crippen LogP contribution in [-0.4, -0.2) is 15.0 Å².